The van der Waals surface area contributed by atoms with Crippen LogP contribution < -0.4 is 20.3 Å². The highest BCUT2D eigenvalue weighted by molar-refractivity contribution is 5.96. The van der Waals surface area contributed by atoms with Gasteiger partial charge < -0.3 is 14.8 Å². The molecule has 0 fully saturated rings. The van der Waals surface area contributed by atoms with Crippen LogP contribution in [0.3, 0.4) is 0 Å². The van der Waals surface area contributed by atoms with E-state index in [1.165, 1.54) is 0 Å². The molecule has 0 saturated carbocycles. The number of benzene rings is 2. The Morgan fingerprint density at radius 3 is 2.86 bits per heavy atom. The Hall–Kier alpha value is -3.81. The molecular weight excluding hydrogens is 360 g/mol. The zero-order valence-electron chi connectivity index (χ0n) is 14.6. The lowest BCUT2D eigenvalue weighted by Gasteiger charge is -2.26. The molecule has 0 radical (unpaired) electrons. The molecule has 2 aromatic carbocycles. The van der Waals surface area contributed by atoms with Crippen molar-refractivity contribution in [1.82, 2.24) is 14.4 Å². The first-order valence-corrected chi connectivity index (χ1v) is 8.92. The fourth-order valence-electron chi connectivity index (χ4n) is 4.06. The monoisotopic (exact) mass is 374 g/mol. The quantitative estimate of drug-likeness (QED) is 0.533. The number of imidazole rings is 1. The summed E-state index contributed by atoms with van der Waals surface area (Å²) in [6, 6.07) is 13.1. The summed E-state index contributed by atoms with van der Waals surface area (Å²) in [6.45, 7) is 0.169. The molecule has 6 rings (SSSR count). The lowest BCUT2D eigenvalue weighted by Crippen LogP contribution is -2.32. The van der Waals surface area contributed by atoms with Crippen molar-refractivity contribution in [3.05, 3.63) is 63.9 Å². The van der Waals surface area contributed by atoms with Crippen LogP contribution in [0.4, 0.5) is 5.82 Å². The number of para-hydroxylation sites is 2. The third kappa shape index (κ3) is 2.02. The zero-order valence-corrected chi connectivity index (χ0v) is 14.6. The van der Waals surface area contributed by atoms with Gasteiger partial charge >= 0.3 is 0 Å². The smallest absolute Gasteiger partial charge is 0.258 e. The number of ether oxygens (including phenoxy) is 2. The van der Waals surface area contributed by atoms with Crippen molar-refractivity contribution in [2.24, 2.45) is 0 Å². The SMILES string of the molecule is O=C1CC(c2ccc3c(c2)OCO3)c2c(n3c(nc4ccccc43)[nH]c2=O)N1. The van der Waals surface area contributed by atoms with E-state index in [9.17, 15) is 9.59 Å². The average molecular weight is 374 g/mol. The second-order valence-corrected chi connectivity index (χ2v) is 6.89. The van der Waals surface area contributed by atoms with E-state index >= 15 is 0 Å². The van der Waals surface area contributed by atoms with Crippen molar-refractivity contribution < 1.29 is 14.3 Å². The van der Waals surface area contributed by atoms with E-state index in [-0.39, 0.29) is 24.7 Å². The molecule has 28 heavy (non-hydrogen) atoms. The van der Waals surface area contributed by atoms with Gasteiger partial charge in [0.25, 0.3) is 5.56 Å². The fraction of sp³-hybridized carbons (Fsp3) is 0.150. The van der Waals surface area contributed by atoms with Crippen LogP contribution in [0.1, 0.15) is 23.5 Å². The highest BCUT2D eigenvalue weighted by atomic mass is 16.7. The Kier molecular flexibility index (Phi) is 2.92. The molecule has 0 bridgehead atoms. The minimum Gasteiger partial charge on any atom is -0.454 e. The topological polar surface area (TPSA) is 97.7 Å². The van der Waals surface area contributed by atoms with E-state index in [0.29, 0.717) is 28.7 Å². The lowest BCUT2D eigenvalue weighted by atomic mass is 9.86. The van der Waals surface area contributed by atoms with Crippen molar-refractivity contribution in [1.29, 1.82) is 0 Å². The maximum atomic E-state index is 13.0. The molecule has 1 unspecified atom stereocenters. The van der Waals surface area contributed by atoms with Crippen LogP contribution in [0.15, 0.2) is 47.3 Å². The summed E-state index contributed by atoms with van der Waals surface area (Å²) in [5, 5.41) is 2.88. The molecule has 138 valence electrons. The van der Waals surface area contributed by atoms with Gasteiger partial charge in [0.15, 0.2) is 11.5 Å². The number of aromatic amines is 1. The predicted octanol–water partition coefficient (Wildman–Crippen LogP) is 2.38. The van der Waals surface area contributed by atoms with Crippen LogP contribution in [-0.4, -0.2) is 27.1 Å². The Morgan fingerprint density at radius 2 is 1.93 bits per heavy atom. The van der Waals surface area contributed by atoms with Crippen molar-refractivity contribution in [2.45, 2.75) is 12.3 Å². The van der Waals surface area contributed by atoms with E-state index in [1.807, 2.05) is 42.5 Å². The minimum absolute atomic E-state index is 0.153. The first kappa shape index (κ1) is 15.3. The van der Waals surface area contributed by atoms with Crippen molar-refractivity contribution in [2.75, 3.05) is 12.1 Å². The summed E-state index contributed by atoms with van der Waals surface area (Å²) in [4.78, 5) is 32.8. The Balaban J connectivity index is 1.64. The Bertz CT molecular complexity index is 1350. The molecule has 0 aliphatic carbocycles. The van der Waals surface area contributed by atoms with Gasteiger partial charge in [-0.2, -0.15) is 0 Å². The van der Waals surface area contributed by atoms with Crippen molar-refractivity contribution >= 4 is 28.5 Å². The van der Waals surface area contributed by atoms with Gasteiger partial charge in [-0.15, -0.1) is 0 Å². The summed E-state index contributed by atoms with van der Waals surface area (Å²) in [5.74, 6) is 1.60. The van der Waals surface area contributed by atoms with Gasteiger partial charge in [-0.25, -0.2) is 4.98 Å². The lowest BCUT2D eigenvalue weighted by molar-refractivity contribution is -0.116. The van der Waals surface area contributed by atoms with Crippen molar-refractivity contribution in [3.63, 3.8) is 0 Å². The summed E-state index contributed by atoms with van der Waals surface area (Å²) in [7, 11) is 0. The van der Waals surface area contributed by atoms with E-state index < -0.39 is 5.92 Å². The number of H-pyrrole nitrogens is 1. The molecule has 1 atom stereocenters. The number of carbonyl (C=O) groups excluding carboxylic acids is 1. The molecule has 4 aromatic rings. The summed E-state index contributed by atoms with van der Waals surface area (Å²) < 4.78 is 12.6. The largest absolute Gasteiger partial charge is 0.454 e. The molecule has 0 saturated heterocycles. The molecule has 2 N–H and O–H groups in total. The number of fused-ring (bicyclic) bond motifs is 6. The van der Waals surface area contributed by atoms with Gasteiger partial charge in [-0.3, -0.25) is 19.0 Å². The van der Waals surface area contributed by atoms with Crippen LogP contribution in [0.5, 0.6) is 11.5 Å². The first-order chi connectivity index (χ1) is 13.7. The normalized spacial score (nSPS) is 17.7. The molecular formula is C20H14N4O4. The second kappa shape index (κ2) is 5.35. The predicted molar refractivity (Wildman–Crippen MR) is 101 cm³/mol. The Morgan fingerprint density at radius 1 is 1.07 bits per heavy atom. The maximum Gasteiger partial charge on any atom is 0.258 e. The molecule has 0 spiro atoms. The molecule has 8 nitrogen and oxygen atoms in total. The van der Waals surface area contributed by atoms with E-state index in [1.54, 1.807) is 4.40 Å². The molecule has 2 aliphatic rings. The standard InChI is InChI=1S/C20H14N4O4/c25-16-8-11(10-5-6-14-15(7-10)28-9-27-14)17-18(22-16)24-13-4-2-1-3-12(13)21-20(24)23-19(17)26/h1-7,11H,8-9H2,(H,22,25)(H,21,23,26). The van der Waals surface area contributed by atoms with E-state index in [2.05, 4.69) is 15.3 Å². The van der Waals surface area contributed by atoms with Crippen molar-refractivity contribution in [3.8, 4) is 11.5 Å². The minimum atomic E-state index is -0.396. The first-order valence-electron chi connectivity index (χ1n) is 8.92. The fourth-order valence-corrected chi connectivity index (χ4v) is 4.06. The van der Waals surface area contributed by atoms with Crippen LogP contribution in [0.25, 0.3) is 16.8 Å². The van der Waals surface area contributed by atoms with Gasteiger partial charge in [-0.1, -0.05) is 18.2 Å². The summed E-state index contributed by atoms with van der Waals surface area (Å²) in [6.07, 6.45) is 0.174. The number of nitrogens with zero attached hydrogens (tertiary/aromatic N) is 2. The molecule has 1 amide bonds. The van der Waals surface area contributed by atoms with Crippen LogP contribution >= 0.6 is 0 Å². The number of hydrogen-bond acceptors (Lipinski definition) is 5. The number of aromatic nitrogens is 3. The second-order valence-electron chi connectivity index (χ2n) is 6.89. The Labute approximate surface area is 157 Å². The van der Waals surface area contributed by atoms with Crippen LogP contribution in [0, 0.1) is 0 Å². The van der Waals surface area contributed by atoms with Gasteiger partial charge in [0.05, 0.1) is 16.6 Å². The molecule has 2 aliphatic heterocycles. The molecule has 4 heterocycles. The summed E-state index contributed by atoms with van der Waals surface area (Å²) >= 11 is 0. The van der Waals surface area contributed by atoms with Gasteiger partial charge in [0.2, 0.25) is 18.5 Å². The summed E-state index contributed by atoms with van der Waals surface area (Å²) in [5.41, 5.74) is 2.63. The number of amides is 1. The van der Waals surface area contributed by atoms with Gasteiger partial charge in [-0.05, 0) is 29.8 Å². The third-order valence-electron chi connectivity index (χ3n) is 5.30. The number of rotatable bonds is 1. The van der Waals surface area contributed by atoms with Crippen LogP contribution in [-0.2, 0) is 4.79 Å². The average Bonchev–Trinajstić information content (AvgIpc) is 3.30. The van der Waals surface area contributed by atoms with E-state index in [0.717, 1.165) is 16.6 Å². The molecule has 2 aromatic heterocycles. The van der Waals surface area contributed by atoms with Crippen LogP contribution in [0.2, 0.25) is 0 Å². The number of carbonyl (C=O) groups is 1. The highest BCUT2D eigenvalue weighted by Gasteiger charge is 2.33. The number of hydrogen-bond donors (Lipinski definition) is 2. The van der Waals surface area contributed by atoms with E-state index in [4.69, 9.17) is 9.47 Å². The van der Waals surface area contributed by atoms with Gasteiger partial charge in [0.1, 0.15) is 5.82 Å². The zero-order chi connectivity index (χ0) is 18.8. The van der Waals surface area contributed by atoms with Gasteiger partial charge in [0, 0.05) is 12.3 Å². The third-order valence-corrected chi connectivity index (χ3v) is 5.30. The number of anilines is 1. The maximum absolute atomic E-state index is 13.0. The highest BCUT2D eigenvalue weighted by Crippen LogP contribution is 2.40. The number of nitrogens with one attached hydrogen (secondary N) is 2. The molecule has 8 heteroatoms.